The van der Waals surface area contributed by atoms with E-state index in [1.165, 1.54) is 12.1 Å². The average Bonchev–Trinajstić information content (AvgIpc) is 2.47. The first-order valence-corrected chi connectivity index (χ1v) is 8.54. The Morgan fingerprint density at radius 2 is 1.64 bits per heavy atom. The van der Waals surface area contributed by atoms with E-state index in [4.69, 9.17) is 23.2 Å². The van der Waals surface area contributed by atoms with Crippen LogP contribution in [0, 0.1) is 0 Å². The van der Waals surface area contributed by atoms with Gasteiger partial charge in [-0.25, -0.2) is 13.4 Å². The van der Waals surface area contributed by atoms with Crippen molar-refractivity contribution in [2.75, 3.05) is 4.72 Å². The van der Waals surface area contributed by atoms with Gasteiger partial charge in [-0.3, -0.25) is 4.72 Å². The van der Waals surface area contributed by atoms with E-state index in [1.54, 1.807) is 12.1 Å². The van der Waals surface area contributed by atoms with E-state index in [1.807, 2.05) is 30.3 Å². The van der Waals surface area contributed by atoms with Crippen LogP contribution in [0.25, 0.3) is 10.8 Å². The molecule has 2 aromatic carbocycles. The summed E-state index contributed by atoms with van der Waals surface area (Å²) in [6.45, 7) is 0. The minimum absolute atomic E-state index is 0.119. The Labute approximate surface area is 137 Å². The number of halogens is 2. The van der Waals surface area contributed by atoms with Crippen molar-refractivity contribution in [1.82, 2.24) is 4.98 Å². The molecule has 112 valence electrons. The van der Waals surface area contributed by atoms with Crippen LogP contribution in [-0.2, 0) is 10.0 Å². The summed E-state index contributed by atoms with van der Waals surface area (Å²) in [5, 5.41) is 1.70. The third-order valence-electron chi connectivity index (χ3n) is 3.10. The Bertz CT molecular complexity index is 953. The van der Waals surface area contributed by atoms with Gasteiger partial charge in [0.05, 0.1) is 5.69 Å². The van der Waals surface area contributed by atoms with E-state index in [0.29, 0.717) is 5.69 Å². The Morgan fingerprint density at radius 1 is 0.909 bits per heavy atom. The zero-order valence-electron chi connectivity index (χ0n) is 11.1. The van der Waals surface area contributed by atoms with Crippen LogP contribution in [-0.4, -0.2) is 13.4 Å². The summed E-state index contributed by atoms with van der Waals surface area (Å²) < 4.78 is 27.5. The topological polar surface area (TPSA) is 59.1 Å². The molecule has 22 heavy (non-hydrogen) atoms. The lowest BCUT2D eigenvalue weighted by molar-refractivity contribution is 0.601. The fourth-order valence-electron chi connectivity index (χ4n) is 2.11. The molecule has 1 N–H and O–H groups in total. The van der Waals surface area contributed by atoms with E-state index >= 15 is 0 Å². The number of pyridine rings is 1. The van der Waals surface area contributed by atoms with Crippen LogP contribution in [0.15, 0.2) is 59.5 Å². The molecule has 0 bridgehead atoms. The van der Waals surface area contributed by atoms with E-state index in [2.05, 4.69) is 9.71 Å². The molecule has 3 rings (SSSR count). The fourth-order valence-corrected chi connectivity index (χ4v) is 3.86. The van der Waals surface area contributed by atoms with Gasteiger partial charge in [0, 0.05) is 5.39 Å². The third kappa shape index (κ3) is 2.88. The number of hydrogen-bond donors (Lipinski definition) is 1. The highest BCUT2D eigenvalue weighted by Crippen LogP contribution is 2.28. The van der Waals surface area contributed by atoms with Crippen molar-refractivity contribution >= 4 is 49.7 Å². The number of sulfonamides is 1. The molecule has 1 aromatic heterocycles. The number of rotatable bonds is 3. The molecule has 0 saturated heterocycles. The molecule has 7 heteroatoms. The van der Waals surface area contributed by atoms with Crippen LogP contribution >= 0.6 is 23.2 Å². The van der Waals surface area contributed by atoms with E-state index in [9.17, 15) is 8.42 Å². The normalized spacial score (nSPS) is 11.5. The zero-order valence-corrected chi connectivity index (χ0v) is 13.5. The van der Waals surface area contributed by atoms with Crippen molar-refractivity contribution in [3.63, 3.8) is 0 Å². The number of nitrogens with one attached hydrogen (secondary N) is 1. The number of fused-ring (bicyclic) bond motifs is 1. The number of benzene rings is 2. The molecule has 0 aliphatic carbocycles. The number of nitrogens with zero attached hydrogens (tertiary/aromatic N) is 1. The monoisotopic (exact) mass is 352 g/mol. The van der Waals surface area contributed by atoms with Crippen molar-refractivity contribution < 1.29 is 8.42 Å². The second-order valence-electron chi connectivity index (χ2n) is 4.56. The maximum absolute atomic E-state index is 12.5. The standard InChI is InChI=1S/C15H10Cl2N2O2S/c16-14-9-8-13(15(17)18-14)22(20,21)19-12-7-3-5-10-4-1-2-6-11(10)12/h1-9,19H. The molecule has 0 amide bonds. The third-order valence-corrected chi connectivity index (χ3v) is 5.11. The Morgan fingerprint density at radius 3 is 2.41 bits per heavy atom. The fraction of sp³-hybridized carbons (Fsp3) is 0. The first kappa shape index (κ1) is 15.1. The molecule has 0 aliphatic heterocycles. The molecule has 1 heterocycles. The highest BCUT2D eigenvalue weighted by atomic mass is 35.5. The van der Waals surface area contributed by atoms with E-state index in [-0.39, 0.29) is 15.2 Å². The van der Waals surface area contributed by atoms with Gasteiger partial charge in [-0.2, -0.15) is 0 Å². The van der Waals surface area contributed by atoms with E-state index < -0.39 is 10.0 Å². The summed E-state index contributed by atoms with van der Waals surface area (Å²) in [6, 6.07) is 15.6. The summed E-state index contributed by atoms with van der Waals surface area (Å²) >= 11 is 11.6. The van der Waals surface area contributed by atoms with Crippen LogP contribution < -0.4 is 4.72 Å². The second kappa shape index (κ2) is 5.76. The van der Waals surface area contributed by atoms with Gasteiger partial charge >= 0.3 is 0 Å². The number of aromatic nitrogens is 1. The summed E-state index contributed by atoms with van der Waals surface area (Å²) in [5.74, 6) is 0. The highest BCUT2D eigenvalue weighted by Gasteiger charge is 2.20. The van der Waals surface area contributed by atoms with Crippen molar-refractivity contribution in [3.05, 3.63) is 64.9 Å². The second-order valence-corrected chi connectivity index (χ2v) is 6.95. The smallest absolute Gasteiger partial charge is 0.264 e. The minimum atomic E-state index is -3.86. The molecular weight excluding hydrogens is 343 g/mol. The summed E-state index contributed by atoms with van der Waals surface area (Å²) in [4.78, 5) is 3.64. The van der Waals surface area contributed by atoms with Crippen molar-refractivity contribution in [3.8, 4) is 0 Å². The summed E-state index contributed by atoms with van der Waals surface area (Å²) in [6.07, 6.45) is 0. The predicted molar refractivity (Wildman–Crippen MR) is 89.0 cm³/mol. The van der Waals surface area contributed by atoms with E-state index in [0.717, 1.165) is 10.8 Å². The van der Waals surface area contributed by atoms with Gasteiger partial charge in [-0.05, 0) is 23.6 Å². The Balaban J connectivity index is 2.07. The lowest BCUT2D eigenvalue weighted by Crippen LogP contribution is -2.14. The minimum Gasteiger partial charge on any atom is -0.279 e. The molecule has 3 aromatic rings. The van der Waals surface area contributed by atoms with Gasteiger partial charge in [-0.15, -0.1) is 0 Å². The maximum atomic E-state index is 12.5. The average molecular weight is 353 g/mol. The molecule has 0 saturated carbocycles. The lowest BCUT2D eigenvalue weighted by Gasteiger charge is -2.11. The molecule has 0 radical (unpaired) electrons. The van der Waals surface area contributed by atoms with Gasteiger partial charge in [0.1, 0.15) is 10.0 Å². The molecule has 4 nitrogen and oxygen atoms in total. The van der Waals surface area contributed by atoms with Crippen LogP contribution in [0.5, 0.6) is 0 Å². The summed E-state index contributed by atoms with van der Waals surface area (Å²) in [7, 11) is -3.86. The predicted octanol–water partition coefficient (Wildman–Crippen LogP) is 4.34. The van der Waals surface area contributed by atoms with Crippen LogP contribution in [0.2, 0.25) is 10.3 Å². The molecular formula is C15H10Cl2N2O2S. The summed E-state index contributed by atoms with van der Waals surface area (Å²) in [5.41, 5.74) is 0.476. The van der Waals surface area contributed by atoms with Crippen molar-refractivity contribution in [2.45, 2.75) is 4.90 Å². The van der Waals surface area contributed by atoms with Crippen LogP contribution in [0.4, 0.5) is 5.69 Å². The highest BCUT2D eigenvalue weighted by molar-refractivity contribution is 7.92. The largest absolute Gasteiger partial charge is 0.279 e. The van der Waals surface area contributed by atoms with Crippen LogP contribution in [0.1, 0.15) is 0 Å². The van der Waals surface area contributed by atoms with Gasteiger partial charge < -0.3 is 0 Å². The first-order chi connectivity index (χ1) is 10.5. The lowest BCUT2D eigenvalue weighted by atomic mass is 10.1. The SMILES string of the molecule is O=S(=O)(Nc1cccc2ccccc12)c1ccc(Cl)nc1Cl. The molecule has 0 aliphatic rings. The Kier molecular flexibility index (Phi) is 3.95. The number of anilines is 1. The molecule has 0 atom stereocenters. The van der Waals surface area contributed by atoms with Crippen LogP contribution in [0.3, 0.4) is 0 Å². The molecule has 0 unspecified atom stereocenters. The number of hydrogen-bond acceptors (Lipinski definition) is 3. The molecule has 0 spiro atoms. The van der Waals surface area contributed by atoms with Crippen molar-refractivity contribution in [2.24, 2.45) is 0 Å². The van der Waals surface area contributed by atoms with Gasteiger partial charge in [0.25, 0.3) is 10.0 Å². The quantitative estimate of drug-likeness (QED) is 0.713. The first-order valence-electron chi connectivity index (χ1n) is 6.30. The zero-order chi connectivity index (χ0) is 15.7. The Hall–Kier alpha value is -1.82. The van der Waals surface area contributed by atoms with Crippen molar-refractivity contribution in [1.29, 1.82) is 0 Å². The maximum Gasteiger partial charge on any atom is 0.264 e. The van der Waals surface area contributed by atoms with Gasteiger partial charge in [0.2, 0.25) is 0 Å². The molecule has 0 fully saturated rings. The van der Waals surface area contributed by atoms with Gasteiger partial charge in [0.15, 0.2) is 5.15 Å². The van der Waals surface area contributed by atoms with Gasteiger partial charge in [-0.1, -0.05) is 59.6 Å².